The lowest BCUT2D eigenvalue weighted by Crippen LogP contribution is -2.28. The number of pyridine rings is 1. The maximum Gasteiger partial charge on any atom is 0.254 e. The largest absolute Gasteiger partial charge is 0.486 e. The lowest BCUT2D eigenvalue weighted by atomic mass is 10.1. The Morgan fingerprint density at radius 2 is 1.91 bits per heavy atom. The Morgan fingerprint density at radius 3 is 2.65 bits per heavy atom. The normalized spacial score (nSPS) is 12.8. The number of rotatable bonds is 3. The maximum absolute atomic E-state index is 12.4. The van der Waals surface area contributed by atoms with Gasteiger partial charge in [0.2, 0.25) is 0 Å². The van der Waals surface area contributed by atoms with Gasteiger partial charge in [-0.2, -0.15) is 0 Å². The minimum atomic E-state index is -0.205. The van der Waals surface area contributed by atoms with Crippen molar-refractivity contribution in [3.63, 3.8) is 0 Å². The lowest BCUT2D eigenvalue weighted by molar-refractivity contribution is 0.0784. The van der Waals surface area contributed by atoms with Crippen molar-refractivity contribution in [2.45, 2.75) is 6.54 Å². The molecule has 0 fully saturated rings. The van der Waals surface area contributed by atoms with Crippen LogP contribution in [-0.2, 0) is 13.6 Å². The molecule has 0 bridgehead atoms. The predicted octanol–water partition coefficient (Wildman–Crippen LogP) is 1.43. The van der Waals surface area contributed by atoms with Gasteiger partial charge in [-0.3, -0.25) is 9.59 Å². The summed E-state index contributed by atoms with van der Waals surface area (Å²) in [5, 5.41) is 0. The van der Waals surface area contributed by atoms with Crippen LogP contribution in [0.25, 0.3) is 0 Å². The van der Waals surface area contributed by atoms with Crippen LogP contribution in [0.2, 0.25) is 0 Å². The van der Waals surface area contributed by atoms with Crippen molar-refractivity contribution in [3.05, 3.63) is 58.0 Å². The summed E-state index contributed by atoms with van der Waals surface area (Å²) in [4.78, 5) is 25.6. The van der Waals surface area contributed by atoms with Gasteiger partial charge in [0.1, 0.15) is 13.2 Å². The van der Waals surface area contributed by atoms with Gasteiger partial charge in [0, 0.05) is 38.5 Å². The summed E-state index contributed by atoms with van der Waals surface area (Å²) in [6.07, 6.45) is 1.59. The van der Waals surface area contributed by atoms with Gasteiger partial charge in [0.05, 0.1) is 0 Å². The van der Waals surface area contributed by atoms with Crippen molar-refractivity contribution in [3.8, 4) is 11.5 Å². The van der Waals surface area contributed by atoms with Crippen molar-refractivity contribution in [2.24, 2.45) is 7.05 Å². The van der Waals surface area contributed by atoms with Crippen LogP contribution < -0.4 is 15.0 Å². The minimum absolute atomic E-state index is 0.197. The van der Waals surface area contributed by atoms with Crippen molar-refractivity contribution >= 4 is 5.91 Å². The predicted molar refractivity (Wildman–Crippen MR) is 84.9 cm³/mol. The summed E-state index contributed by atoms with van der Waals surface area (Å²) >= 11 is 0. The van der Waals surface area contributed by atoms with Crippen LogP contribution in [0.3, 0.4) is 0 Å². The SMILES string of the molecule is CN(Cc1ccc2c(c1)OCCO2)C(=O)c1ccn(C)c(=O)c1. The summed E-state index contributed by atoms with van der Waals surface area (Å²) in [6.45, 7) is 1.50. The Bertz CT molecular complexity index is 797. The molecule has 1 aliphatic rings. The van der Waals surface area contributed by atoms with E-state index in [0.717, 1.165) is 11.3 Å². The molecule has 0 aliphatic carbocycles. The highest BCUT2D eigenvalue weighted by Crippen LogP contribution is 2.31. The number of hydrogen-bond donors (Lipinski definition) is 0. The fraction of sp³-hybridized carbons (Fsp3) is 0.294. The number of carbonyl (C=O) groups is 1. The number of ether oxygens (including phenoxy) is 2. The number of hydrogen-bond acceptors (Lipinski definition) is 4. The molecule has 1 aromatic heterocycles. The molecule has 3 rings (SSSR count). The molecule has 6 heteroatoms. The van der Waals surface area contributed by atoms with Gasteiger partial charge in [-0.1, -0.05) is 6.07 Å². The monoisotopic (exact) mass is 314 g/mol. The van der Waals surface area contributed by atoms with Gasteiger partial charge in [-0.15, -0.1) is 0 Å². The molecule has 0 atom stereocenters. The molecule has 0 N–H and O–H groups in total. The van der Waals surface area contributed by atoms with Crippen LogP contribution in [0.1, 0.15) is 15.9 Å². The third-order valence-electron chi connectivity index (χ3n) is 3.72. The van der Waals surface area contributed by atoms with Gasteiger partial charge in [-0.05, 0) is 23.8 Å². The molecule has 120 valence electrons. The fourth-order valence-corrected chi connectivity index (χ4v) is 2.43. The van der Waals surface area contributed by atoms with E-state index >= 15 is 0 Å². The van der Waals surface area contributed by atoms with Crippen molar-refractivity contribution in [1.82, 2.24) is 9.47 Å². The second kappa shape index (κ2) is 6.16. The Kier molecular flexibility index (Phi) is 4.06. The Morgan fingerprint density at radius 1 is 1.17 bits per heavy atom. The molecule has 0 unspecified atom stereocenters. The third kappa shape index (κ3) is 3.21. The highest BCUT2D eigenvalue weighted by Gasteiger charge is 2.16. The van der Waals surface area contributed by atoms with E-state index in [0.29, 0.717) is 31.1 Å². The first-order chi connectivity index (χ1) is 11.0. The van der Waals surface area contributed by atoms with Crippen LogP contribution in [0.5, 0.6) is 11.5 Å². The number of fused-ring (bicyclic) bond motifs is 1. The number of amides is 1. The van der Waals surface area contributed by atoms with E-state index in [1.54, 1.807) is 31.3 Å². The van der Waals surface area contributed by atoms with E-state index in [1.807, 2.05) is 18.2 Å². The first kappa shape index (κ1) is 15.1. The summed E-state index contributed by atoms with van der Waals surface area (Å²) in [6, 6.07) is 8.62. The Balaban J connectivity index is 1.75. The Labute approximate surface area is 133 Å². The summed E-state index contributed by atoms with van der Waals surface area (Å²) in [5.41, 5.74) is 1.12. The molecule has 2 heterocycles. The number of aromatic nitrogens is 1. The van der Waals surface area contributed by atoms with Gasteiger partial charge < -0.3 is 18.9 Å². The van der Waals surface area contributed by atoms with Crippen LogP contribution in [0.15, 0.2) is 41.3 Å². The maximum atomic E-state index is 12.4. The fourth-order valence-electron chi connectivity index (χ4n) is 2.43. The van der Waals surface area contributed by atoms with E-state index in [-0.39, 0.29) is 11.5 Å². The lowest BCUT2D eigenvalue weighted by Gasteiger charge is -2.21. The summed E-state index contributed by atoms with van der Waals surface area (Å²) in [7, 11) is 3.35. The zero-order chi connectivity index (χ0) is 16.4. The Hall–Kier alpha value is -2.76. The third-order valence-corrected chi connectivity index (χ3v) is 3.72. The molecule has 23 heavy (non-hydrogen) atoms. The number of benzene rings is 1. The smallest absolute Gasteiger partial charge is 0.254 e. The van der Waals surface area contributed by atoms with Crippen molar-refractivity contribution in [2.75, 3.05) is 20.3 Å². The van der Waals surface area contributed by atoms with Gasteiger partial charge in [0.15, 0.2) is 11.5 Å². The molecule has 1 aromatic carbocycles. The van der Waals surface area contributed by atoms with Gasteiger partial charge in [0.25, 0.3) is 11.5 Å². The van der Waals surface area contributed by atoms with Crippen LogP contribution in [-0.4, -0.2) is 35.6 Å². The zero-order valence-electron chi connectivity index (χ0n) is 13.1. The first-order valence-electron chi connectivity index (χ1n) is 7.35. The topological polar surface area (TPSA) is 60.8 Å². The van der Waals surface area contributed by atoms with E-state index in [2.05, 4.69) is 0 Å². The van der Waals surface area contributed by atoms with Crippen LogP contribution >= 0.6 is 0 Å². The molecule has 1 aliphatic heterocycles. The quantitative estimate of drug-likeness (QED) is 0.860. The van der Waals surface area contributed by atoms with E-state index in [1.165, 1.54) is 10.6 Å². The van der Waals surface area contributed by atoms with Crippen molar-refractivity contribution in [1.29, 1.82) is 0 Å². The number of aryl methyl sites for hydroxylation is 1. The number of carbonyl (C=O) groups excluding carboxylic acids is 1. The average molecular weight is 314 g/mol. The number of nitrogens with zero attached hydrogens (tertiary/aromatic N) is 2. The molecule has 0 saturated heterocycles. The van der Waals surface area contributed by atoms with E-state index in [4.69, 9.17) is 9.47 Å². The highest BCUT2D eigenvalue weighted by molar-refractivity contribution is 5.93. The average Bonchev–Trinajstić information content (AvgIpc) is 2.56. The molecule has 0 spiro atoms. The molecule has 0 radical (unpaired) electrons. The molecular formula is C17H18N2O4. The highest BCUT2D eigenvalue weighted by atomic mass is 16.6. The zero-order valence-corrected chi connectivity index (χ0v) is 13.1. The second-order valence-electron chi connectivity index (χ2n) is 5.50. The van der Waals surface area contributed by atoms with Crippen molar-refractivity contribution < 1.29 is 14.3 Å². The molecule has 0 saturated carbocycles. The molecule has 6 nitrogen and oxygen atoms in total. The van der Waals surface area contributed by atoms with Crippen LogP contribution in [0.4, 0.5) is 0 Å². The van der Waals surface area contributed by atoms with Crippen LogP contribution in [0, 0.1) is 0 Å². The summed E-state index contributed by atoms with van der Waals surface area (Å²) < 4.78 is 12.5. The van der Waals surface area contributed by atoms with Gasteiger partial charge >= 0.3 is 0 Å². The molecule has 1 amide bonds. The minimum Gasteiger partial charge on any atom is -0.486 e. The first-order valence-corrected chi connectivity index (χ1v) is 7.35. The molecular weight excluding hydrogens is 296 g/mol. The van der Waals surface area contributed by atoms with Gasteiger partial charge in [-0.25, -0.2) is 0 Å². The summed E-state index contributed by atoms with van der Waals surface area (Å²) in [5.74, 6) is 1.22. The molecule has 2 aromatic rings. The van der Waals surface area contributed by atoms with E-state index in [9.17, 15) is 9.59 Å². The standard InChI is InChI=1S/C17H18N2O4/c1-18-6-5-13(10-16(18)20)17(21)19(2)11-12-3-4-14-15(9-12)23-8-7-22-14/h3-6,9-10H,7-8,11H2,1-2H3. The second-order valence-corrected chi connectivity index (χ2v) is 5.50. The van der Waals surface area contributed by atoms with E-state index < -0.39 is 0 Å².